The number of piperidine rings is 1. The van der Waals surface area contributed by atoms with Crippen molar-refractivity contribution in [1.82, 2.24) is 5.32 Å². The first kappa shape index (κ1) is 10.5. The van der Waals surface area contributed by atoms with Crippen molar-refractivity contribution in [2.24, 2.45) is 11.8 Å². The van der Waals surface area contributed by atoms with E-state index in [-0.39, 0.29) is 0 Å². The number of nitrogens with one attached hydrogen (secondary N) is 1. The molecule has 13 heavy (non-hydrogen) atoms. The molecule has 2 unspecified atom stereocenters. The van der Waals surface area contributed by atoms with E-state index >= 15 is 0 Å². The lowest BCUT2D eigenvalue weighted by molar-refractivity contribution is -0.138. The molecule has 1 heterocycles. The third kappa shape index (κ3) is 3.35. The van der Waals surface area contributed by atoms with Crippen molar-refractivity contribution in [2.75, 3.05) is 6.54 Å². The van der Waals surface area contributed by atoms with Crippen LogP contribution in [0.2, 0.25) is 0 Å². The van der Waals surface area contributed by atoms with Gasteiger partial charge in [-0.25, -0.2) is 0 Å². The SMILES string of the molecule is CC(C)C1CC(CC(=O)O)CCN1. The molecule has 0 aromatic carbocycles. The van der Waals surface area contributed by atoms with Gasteiger partial charge in [-0.1, -0.05) is 13.8 Å². The summed E-state index contributed by atoms with van der Waals surface area (Å²) in [7, 11) is 0. The molecule has 0 bridgehead atoms. The fourth-order valence-corrected chi connectivity index (χ4v) is 1.97. The van der Waals surface area contributed by atoms with Crippen molar-refractivity contribution in [3.8, 4) is 0 Å². The zero-order valence-corrected chi connectivity index (χ0v) is 8.42. The summed E-state index contributed by atoms with van der Waals surface area (Å²) >= 11 is 0. The van der Waals surface area contributed by atoms with Crippen molar-refractivity contribution in [3.05, 3.63) is 0 Å². The summed E-state index contributed by atoms with van der Waals surface area (Å²) in [5.41, 5.74) is 0. The Morgan fingerprint density at radius 3 is 2.85 bits per heavy atom. The second-order valence-electron chi connectivity index (χ2n) is 4.29. The van der Waals surface area contributed by atoms with E-state index in [0.29, 0.717) is 24.3 Å². The monoisotopic (exact) mass is 185 g/mol. The van der Waals surface area contributed by atoms with Crippen LogP contribution in [0.4, 0.5) is 0 Å². The van der Waals surface area contributed by atoms with Crippen LogP contribution in [0.15, 0.2) is 0 Å². The molecule has 76 valence electrons. The number of hydrogen-bond donors (Lipinski definition) is 2. The van der Waals surface area contributed by atoms with E-state index in [0.717, 1.165) is 19.4 Å². The Hall–Kier alpha value is -0.570. The van der Waals surface area contributed by atoms with Gasteiger partial charge >= 0.3 is 5.97 Å². The standard InChI is InChI=1S/C10H19NO2/c1-7(2)9-5-8(3-4-11-9)6-10(12)13/h7-9,11H,3-6H2,1-2H3,(H,12,13). The van der Waals surface area contributed by atoms with E-state index in [1.165, 1.54) is 0 Å². The summed E-state index contributed by atoms with van der Waals surface area (Å²) in [6, 6.07) is 0.512. The minimum Gasteiger partial charge on any atom is -0.481 e. The molecule has 0 spiro atoms. The number of carboxylic acids is 1. The lowest BCUT2D eigenvalue weighted by Crippen LogP contribution is -2.41. The first-order chi connectivity index (χ1) is 6.09. The van der Waals surface area contributed by atoms with E-state index in [1.54, 1.807) is 0 Å². The van der Waals surface area contributed by atoms with E-state index in [4.69, 9.17) is 5.11 Å². The van der Waals surface area contributed by atoms with Gasteiger partial charge in [0, 0.05) is 12.5 Å². The molecule has 1 aliphatic rings. The molecule has 2 N–H and O–H groups in total. The van der Waals surface area contributed by atoms with Gasteiger partial charge in [0.1, 0.15) is 0 Å². The van der Waals surface area contributed by atoms with Gasteiger partial charge in [-0.05, 0) is 31.2 Å². The third-order valence-electron chi connectivity index (χ3n) is 2.81. The number of carbonyl (C=O) groups is 1. The number of rotatable bonds is 3. The first-order valence-corrected chi connectivity index (χ1v) is 5.04. The molecule has 3 heteroatoms. The molecule has 0 radical (unpaired) electrons. The van der Waals surface area contributed by atoms with Gasteiger partial charge in [0.05, 0.1) is 0 Å². The Balaban J connectivity index is 2.37. The van der Waals surface area contributed by atoms with E-state index in [1.807, 2.05) is 0 Å². The van der Waals surface area contributed by atoms with Crippen LogP contribution in [0.3, 0.4) is 0 Å². The summed E-state index contributed by atoms with van der Waals surface area (Å²) in [5.74, 6) is 0.331. The minimum atomic E-state index is -0.658. The maximum Gasteiger partial charge on any atom is 0.303 e. The maximum absolute atomic E-state index is 10.5. The van der Waals surface area contributed by atoms with Gasteiger partial charge in [0.2, 0.25) is 0 Å². The van der Waals surface area contributed by atoms with Crippen LogP contribution in [0.1, 0.15) is 33.1 Å². The highest BCUT2D eigenvalue weighted by molar-refractivity contribution is 5.67. The molecule has 0 aliphatic carbocycles. The fourth-order valence-electron chi connectivity index (χ4n) is 1.97. The smallest absolute Gasteiger partial charge is 0.303 e. The highest BCUT2D eigenvalue weighted by atomic mass is 16.4. The lowest BCUT2D eigenvalue weighted by Gasteiger charge is -2.32. The Morgan fingerprint density at radius 2 is 2.31 bits per heavy atom. The molecule has 0 aromatic heterocycles. The summed E-state index contributed by atoms with van der Waals surface area (Å²) in [4.78, 5) is 10.5. The second kappa shape index (κ2) is 4.61. The zero-order valence-electron chi connectivity index (χ0n) is 8.42. The van der Waals surface area contributed by atoms with Gasteiger partial charge in [-0.2, -0.15) is 0 Å². The van der Waals surface area contributed by atoms with Gasteiger partial charge < -0.3 is 10.4 Å². The summed E-state index contributed by atoms with van der Waals surface area (Å²) in [5, 5.41) is 12.1. The highest BCUT2D eigenvalue weighted by Gasteiger charge is 2.24. The van der Waals surface area contributed by atoms with Crippen molar-refractivity contribution < 1.29 is 9.90 Å². The molecule has 0 amide bonds. The normalized spacial score (nSPS) is 29.2. The van der Waals surface area contributed by atoms with E-state index < -0.39 is 5.97 Å². The summed E-state index contributed by atoms with van der Waals surface area (Å²) in [6.45, 7) is 5.34. The summed E-state index contributed by atoms with van der Waals surface area (Å²) < 4.78 is 0. The summed E-state index contributed by atoms with van der Waals surface area (Å²) in [6.07, 6.45) is 2.37. The Labute approximate surface area is 79.5 Å². The number of hydrogen-bond acceptors (Lipinski definition) is 2. The van der Waals surface area contributed by atoms with E-state index in [9.17, 15) is 4.79 Å². The maximum atomic E-state index is 10.5. The average Bonchev–Trinajstić information content (AvgIpc) is 2.03. The largest absolute Gasteiger partial charge is 0.481 e. The average molecular weight is 185 g/mol. The molecular weight excluding hydrogens is 166 g/mol. The van der Waals surface area contributed by atoms with Crippen molar-refractivity contribution >= 4 is 5.97 Å². The number of carboxylic acid groups (broad SMARTS) is 1. The molecular formula is C10H19NO2. The van der Waals surface area contributed by atoms with Crippen molar-refractivity contribution in [2.45, 2.75) is 39.2 Å². The van der Waals surface area contributed by atoms with Crippen molar-refractivity contribution in [3.63, 3.8) is 0 Å². The van der Waals surface area contributed by atoms with Crippen LogP contribution in [0, 0.1) is 11.8 Å². The quantitative estimate of drug-likeness (QED) is 0.700. The second-order valence-corrected chi connectivity index (χ2v) is 4.29. The first-order valence-electron chi connectivity index (χ1n) is 5.04. The van der Waals surface area contributed by atoms with Crippen LogP contribution in [-0.4, -0.2) is 23.7 Å². The molecule has 1 saturated heterocycles. The van der Waals surface area contributed by atoms with Gasteiger partial charge in [-0.3, -0.25) is 4.79 Å². The lowest BCUT2D eigenvalue weighted by atomic mass is 9.85. The molecule has 1 fully saturated rings. The van der Waals surface area contributed by atoms with Crippen LogP contribution < -0.4 is 5.32 Å². The number of aliphatic carboxylic acids is 1. The Bertz CT molecular complexity index is 180. The van der Waals surface area contributed by atoms with Crippen LogP contribution in [-0.2, 0) is 4.79 Å². The molecule has 1 aliphatic heterocycles. The van der Waals surface area contributed by atoms with Gasteiger partial charge in [0.15, 0.2) is 0 Å². The van der Waals surface area contributed by atoms with Gasteiger partial charge in [0.25, 0.3) is 0 Å². The molecule has 3 nitrogen and oxygen atoms in total. The fraction of sp³-hybridized carbons (Fsp3) is 0.900. The predicted octanol–water partition coefficient (Wildman–Crippen LogP) is 1.49. The van der Waals surface area contributed by atoms with Crippen molar-refractivity contribution in [1.29, 1.82) is 0 Å². The van der Waals surface area contributed by atoms with Crippen LogP contribution in [0.25, 0.3) is 0 Å². The Kier molecular flexibility index (Phi) is 3.72. The van der Waals surface area contributed by atoms with Crippen LogP contribution >= 0.6 is 0 Å². The van der Waals surface area contributed by atoms with Gasteiger partial charge in [-0.15, -0.1) is 0 Å². The predicted molar refractivity (Wildman–Crippen MR) is 51.6 cm³/mol. The topological polar surface area (TPSA) is 49.3 Å². The molecule has 0 saturated carbocycles. The molecule has 1 rings (SSSR count). The van der Waals surface area contributed by atoms with E-state index in [2.05, 4.69) is 19.2 Å². The Morgan fingerprint density at radius 1 is 1.62 bits per heavy atom. The zero-order chi connectivity index (χ0) is 9.84. The molecule has 2 atom stereocenters. The highest BCUT2D eigenvalue weighted by Crippen LogP contribution is 2.23. The van der Waals surface area contributed by atoms with Crippen LogP contribution in [0.5, 0.6) is 0 Å². The third-order valence-corrected chi connectivity index (χ3v) is 2.81. The molecule has 0 aromatic rings. The minimum absolute atomic E-state index is 0.338.